The van der Waals surface area contributed by atoms with Gasteiger partial charge in [-0.3, -0.25) is 9.59 Å². The zero-order chi connectivity index (χ0) is 31.5. The fourth-order valence-electron chi connectivity index (χ4n) is 7.37. The van der Waals surface area contributed by atoms with E-state index in [2.05, 4.69) is 37.2 Å². The molecule has 1 saturated carbocycles. The number of aromatic nitrogens is 4. The van der Waals surface area contributed by atoms with Gasteiger partial charge in [-0.2, -0.15) is 0 Å². The first kappa shape index (κ1) is 29.8. The average molecular weight is 612 g/mol. The van der Waals surface area contributed by atoms with Crippen LogP contribution in [0, 0.1) is 17.3 Å². The molecule has 2 bridgehead atoms. The number of nitrogens with zero attached hydrogens (tertiary/aromatic N) is 4. The number of pyridine rings is 1. The molecule has 238 valence electrons. The lowest BCUT2D eigenvalue weighted by Crippen LogP contribution is -2.47. The third kappa shape index (κ3) is 5.47. The molecule has 3 aliphatic rings. The van der Waals surface area contributed by atoms with E-state index < -0.39 is 5.41 Å². The van der Waals surface area contributed by atoms with Crippen LogP contribution in [-0.2, 0) is 18.4 Å². The zero-order valence-electron chi connectivity index (χ0n) is 27.1. The van der Waals surface area contributed by atoms with Gasteiger partial charge >= 0.3 is 0 Å². The summed E-state index contributed by atoms with van der Waals surface area (Å²) in [4.78, 5) is 36.8. The Labute approximate surface area is 264 Å². The molecular formula is C35H45N7O3. The molecule has 45 heavy (non-hydrogen) atoms. The van der Waals surface area contributed by atoms with Gasteiger partial charge in [-0.25, -0.2) is 9.97 Å². The summed E-state index contributed by atoms with van der Waals surface area (Å²) < 4.78 is 10.2. The highest BCUT2D eigenvalue weighted by Gasteiger charge is 2.45. The van der Waals surface area contributed by atoms with Crippen molar-refractivity contribution in [3.8, 4) is 17.3 Å². The number of carbonyl (C=O) groups excluding carboxylic acids is 2. The molecule has 10 heteroatoms. The SMILES string of the molecule is COc1cc(C(=O)N[C@@H]2CNC[C@H]3C[C@H]32)cc2nc(-c3cc4ccc5nc4n3CCCCCCC(C)(C)C(=O)N[C@@H]5C)n(C)c12. The quantitative estimate of drug-likeness (QED) is 0.296. The van der Waals surface area contributed by atoms with Crippen molar-refractivity contribution in [3.63, 3.8) is 0 Å². The minimum Gasteiger partial charge on any atom is -0.494 e. The predicted octanol–water partition coefficient (Wildman–Crippen LogP) is 5.10. The summed E-state index contributed by atoms with van der Waals surface area (Å²) in [6.07, 6.45) is 6.20. The van der Waals surface area contributed by atoms with E-state index in [0.29, 0.717) is 23.1 Å². The number of methoxy groups -OCH3 is 1. The summed E-state index contributed by atoms with van der Waals surface area (Å²) >= 11 is 0. The number of amides is 2. The molecule has 2 fully saturated rings. The van der Waals surface area contributed by atoms with E-state index in [1.54, 1.807) is 7.11 Å². The fourth-order valence-corrected chi connectivity index (χ4v) is 7.37. The Hall–Kier alpha value is -3.92. The lowest BCUT2D eigenvalue weighted by Gasteiger charge is -2.26. The van der Waals surface area contributed by atoms with E-state index in [1.165, 1.54) is 6.42 Å². The molecule has 1 aliphatic carbocycles. The molecule has 3 aromatic heterocycles. The Balaban J connectivity index is 1.27. The number of rotatable bonds is 4. The lowest BCUT2D eigenvalue weighted by molar-refractivity contribution is -0.130. The van der Waals surface area contributed by atoms with Gasteiger partial charge in [0.2, 0.25) is 5.91 Å². The van der Waals surface area contributed by atoms with E-state index >= 15 is 0 Å². The summed E-state index contributed by atoms with van der Waals surface area (Å²) in [5, 5.41) is 10.9. The maximum Gasteiger partial charge on any atom is 0.251 e. The predicted molar refractivity (Wildman–Crippen MR) is 175 cm³/mol. The lowest BCUT2D eigenvalue weighted by atomic mass is 9.85. The number of hydrogen-bond donors (Lipinski definition) is 3. The number of benzene rings is 1. The van der Waals surface area contributed by atoms with Gasteiger partial charge < -0.3 is 29.8 Å². The Morgan fingerprint density at radius 3 is 2.73 bits per heavy atom. The number of carbonyl (C=O) groups is 2. The van der Waals surface area contributed by atoms with Crippen molar-refractivity contribution in [2.24, 2.45) is 24.3 Å². The number of aryl methyl sites for hydroxylation is 2. The second-order valence-electron chi connectivity index (χ2n) is 14.0. The van der Waals surface area contributed by atoms with Crippen molar-refractivity contribution < 1.29 is 14.3 Å². The maximum absolute atomic E-state index is 13.4. The summed E-state index contributed by atoms with van der Waals surface area (Å²) in [5.41, 5.74) is 4.40. The van der Waals surface area contributed by atoms with Gasteiger partial charge in [0.05, 0.1) is 30.1 Å². The Kier molecular flexibility index (Phi) is 7.58. The molecule has 7 rings (SSSR count). The van der Waals surface area contributed by atoms with Crippen molar-refractivity contribution >= 4 is 33.9 Å². The van der Waals surface area contributed by atoms with Crippen LogP contribution in [0.2, 0.25) is 0 Å². The van der Waals surface area contributed by atoms with Crippen LogP contribution in [0.25, 0.3) is 33.6 Å². The van der Waals surface area contributed by atoms with Gasteiger partial charge in [0, 0.05) is 42.5 Å². The molecule has 2 aliphatic heterocycles. The summed E-state index contributed by atoms with van der Waals surface area (Å²) in [6, 6.07) is 9.90. The highest BCUT2D eigenvalue weighted by atomic mass is 16.5. The van der Waals surface area contributed by atoms with Crippen LogP contribution in [0.4, 0.5) is 0 Å². The standard InChI is InChI=1S/C35H45N7O3/c1-20-25-11-10-21-16-28(42(31(21)38-25)13-9-7-6-8-12-35(2,3)34(44)37-20)32-39-26-15-22(17-29(45-5)30(26)41(32)4)33(43)40-27-19-36-18-23-14-24(23)27/h10-11,15-17,20,23-24,27,36H,6-9,12-14,18-19H2,1-5H3,(H,37,44)(H,40,43)/t20-,23-,24-,27-/m1/s1. The van der Waals surface area contributed by atoms with Gasteiger partial charge in [0.1, 0.15) is 16.9 Å². The number of ether oxygens (including phenoxy) is 1. The van der Waals surface area contributed by atoms with Crippen LogP contribution in [0.15, 0.2) is 30.3 Å². The van der Waals surface area contributed by atoms with Crippen LogP contribution in [0.5, 0.6) is 5.75 Å². The number of fused-ring (bicyclic) bond motifs is 3. The molecule has 4 atom stereocenters. The molecule has 1 saturated heterocycles. The topological polar surface area (TPSA) is 115 Å². The van der Waals surface area contributed by atoms with Gasteiger partial charge in [0.25, 0.3) is 5.91 Å². The third-order valence-electron chi connectivity index (χ3n) is 10.3. The highest BCUT2D eigenvalue weighted by molar-refractivity contribution is 6.00. The summed E-state index contributed by atoms with van der Waals surface area (Å²) in [6.45, 7) is 8.74. The van der Waals surface area contributed by atoms with Crippen molar-refractivity contribution in [2.45, 2.75) is 77.9 Å². The second kappa shape index (κ2) is 11.5. The van der Waals surface area contributed by atoms with E-state index in [9.17, 15) is 9.59 Å². The van der Waals surface area contributed by atoms with Gasteiger partial charge in [0.15, 0.2) is 5.82 Å². The summed E-state index contributed by atoms with van der Waals surface area (Å²) in [5.74, 6) is 2.65. The Morgan fingerprint density at radius 2 is 1.91 bits per heavy atom. The van der Waals surface area contributed by atoms with E-state index in [-0.39, 0.29) is 23.9 Å². The second-order valence-corrected chi connectivity index (χ2v) is 14.0. The van der Waals surface area contributed by atoms with Gasteiger partial charge in [-0.1, -0.05) is 33.1 Å². The molecular weight excluding hydrogens is 566 g/mol. The van der Waals surface area contributed by atoms with Crippen molar-refractivity contribution in [1.82, 2.24) is 35.1 Å². The molecule has 3 N–H and O–H groups in total. The maximum atomic E-state index is 13.4. The minimum atomic E-state index is -0.412. The first-order valence-electron chi connectivity index (χ1n) is 16.5. The van der Waals surface area contributed by atoms with Crippen molar-refractivity contribution in [3.05, 3.63) is 41.6 Å². The molecule has 0 unspecified atom stereocenters. The average Bonchev–Trinajstić information content (AvgIpc) is 3.64. The normalized spacial score (nSPS) is 25.0. The van der Waals surface area contributed by atoms with Crippen LogP contribution in [-0.4, -0.2) is 57.2 Å². The smallest absolute Gasteiger partial charge is 0.251 e. The molecule has 1 aromatic carbocycles. The Bertz CT molecular complexity index is 1790. The molecule has 5 heterocycles. The number of piperidine rings is 1. The number of hydrogen-bond acceptors (Lipinski definition) is 6. The largest absolute Gasteiger partial charge is 0.494 e. The molecule has 4 aromatic rings. The number of imidazole rings is 1. The van der Waals surface area contributed by atoms with E-state index in [1.807, 2.05) is 46.0 Å². The van der Waals surface area contributed by atoms with Crippen LogP contribution >= 0.6 is 0 Å². The first-order chi connectivity index (χ1) is 21.6. The molecule has 0 spiro atoms. The van der Waals surface area contributed by atoms with Crippen molar-refractivity contribution in [2.75, 3.05) is 20.2 Å². The van der Waals surface area contributed by atoms with Gasteiger partial charge in [-0.05, 0) is 74.9 Å². The summed E-state index contributed by atoms with van der Waals surface area (Å²) in [7, 11) is 3.64. The first-order valence-corrected chi connectivity index (χ1v) is 16.5. The number of nitrogens with one attached hydrogen (secondary N) is 3. The minimum absolute atomic E-state index is 0.0684. The molecule has 10 nitrogen and oxygen atoms in total. The molecule has 2 amide bonds. The van der Waals surface area contributed by atoms with Crippen LogP contribution in [0.1, 0.15) is 81.4 Å². The monoisotopic (exact) mass is 611 g/mol. The van der Waals surface area contributed by atoms with Crippen molar-refractivity contribution in [1.29, 1.82) is 0 Å². The fraction of sp³-hybridized carbons (Fsp3) is 0.543. The Morgan fingerprint density at radius 1 is 1.09 bits per heavy atom. The van der Waals surface area contributed by atoms with Crippen LogP contribution < -0.4 is 20.7 Å². The van der Waals surface area contributed by atoms with E-state index in [0.717, 1.165) is 91.0 Å². The van der Waals surface area contributed by atoms with E-state index in [4.69, 9.17) is 14.7 Å². The van der Waals surface area contributed by atoms with Crippen LogP contribution in [0.3, 0.4) is 0 Å². The molecule has 0 radical (unpaired) electrons. The van der Waals surface area contributed by atoms with Gasteiger partial charge in [-0.15, -0.1) is 0 Å². The zero-order valence-corrected chi connectivity index (χ0v) is 27.1. The third-order valence-corrected chi connectivity index (χ3v) is 10.3. The highest BCUT2D eigenvalue weighted by Crippen LogP contribution is 2.43.